The second-order valence-electron chi connectivity index (χ2n) is 5.82. The molecular weight excluding hydrogens is 453 g/mol. The largest absolute Gasteiger partial charge is 0.472 e. The lowest BCUT2D eigenvalue weighted by Crippen LogP contribution is -2.37. The molecule has 0 amide bonds. The van der Waals surface area contributed by atoms with Crippen molar-refractivity contribution < 1.29 is 19.0 Å². The molecule has 152 valence electrons. The van der Waals surface area contributed by atoms with Crippen molar-refractivity contribution in [3.8, 4) is 5.88 Å². The summed E-state index contributed by atoms with van der Waals surface area (Å²) in [5.74, 6) is -0.432. The molecule has 1 heterocycles. The van der Waals surface area contributed by atoms with Crippen LogP contribution in [0.3, 0.4) is 0 Å². The van der Waals surface area contributed by atoms with Crippen LogP contribution in [-0.4, -0.2) is 41.4 Å². The van der Waals surface area contributed by atoms with Crippen LogP contribution in [0.1, 0.15) is 11.3 Å². The molecule has 0 fully saturated rings. The number of aromatic nitrogens is 2. The number of halogens is 2. The highest BCUT2D eigenvalue weighted by molar-refractivity contribution is 9.10. The fraction of sp³-hybridized carbons (Fsp3) is 0.235. The van der Waals surface area contributed by atoms with E-state index in [-0.39, 0.29) is 52.7 Å². The molecule has 10 nitrogen and oxygen atoms in total. The Balaban J connectivity index is 1.62. The Hall–Kier alpha value is -3.28. The fourth-order valence-corrected chi connectivity index (χ4v) is 3.01. The van der Waals surface area contributed by atoms with Crippen molar-refractivity contribution in [1.82, 2.24) is 10.3 Å². The van der Waals surface area contributed by atoms with Gasteiger partial charge < -0.3 is 20.6 Å². The van der Waals surface area contributed by atoms with Crippen molar-refractivity contribution in [1.29, 1.82) is 0 Å². The van der Waals surface area contributed by atoms with Gasteiger partial charge in [-0.3, -0.25) is 9.59 Å². The van der Waals surface area contributed by atoms with Crippen molar-refractivity contribution in [3.05, 3.63) is 60.2 Å². The predicted octanol–water partition coefficient (Wildman–Crippen LogP) is 1.52. The summed E-state index contributed by atoms with van der Waals surface area (Å²) < 4.78 is 23.8. The summed E-state index contributed by atoms with van der Waals surface area (Å²) in [5, 5.41) is 25.3. The number of nitrogens with zero attached hydrogens (tertiary/aromatic N) is 3. The molecule has 0 unspecified atom stereocenters. The van der Waals surface area contributed by atoms with E-state index in [1.54, 1.807) is 13.1 Å². The summed E-state index contributed by atoms with van der Waals surface area (Å²) >= 11 is 3.09. The van der Waals surface area contributed by atoms with Crippen molar-refractivity contribution in [2.75, 3.05) is 30.8 Å². The van der Waals surface area contributed by atoms with Gasteiger partial charge in [-0.15, -0.1) is 0 Å². The Kier molecular flexibility index (Phi) is 6.22. The Morgan fingerprint density at radius 2 is 2.07 bits per heavy atom. The van der Waals surface area contributed by atoms with E-state index in [2.05, 4.69) is 46.7 Å². The monoisotopic (exact) mass is 467 g/mol. The molecule has 29 heavy (non-hydrogen) atoms. The number of hydrogen-bond acceptors (Lipinski definition) is 10. The summed E-state index contributed by atoms with van der Waals surface area (Å²) in [6.07, 6.45) is 0.118. The van der Waals surface area contributed by atoms with E-state index in [9.17, 15) is 19.2 Å². The molecule has 1 aromatic heterocycles. The van der Waals surface area contributed by atoms with Gasteiger partial charge in [0.05, 0.1) is 4.47 Å². The van der Waals surface area contributed by atoms with Crippen molar-refractivity contribution in [2.24, 2.45) is 5.16 Å². The first-order valence-corrected chi connectivity index (χ1v) is 9.11. The average Bonchev–Trinajstić information content (AvgIpc) is 3.18. The molecule has 0 bridgehead atoms. The van der Waals surface area contributed by atoms with Gasteiger partial charge in [0.1, 0.15) is 29.5 Å². The van der Waals surface area contributed by atoms with Crippen LogP contribution in [0.25, 0.3) is 0 Å². The summed E-state index contributed by atoms with van der Waals surface area (Å²) in [6, 6.07) is 4.36. The topological polar surface area (TPSA) is 139 Å². The number of benzene rings is 1. The molecule has 0 radical (unpaired) electrons. The SMILES string of the molecule is CNc1c(NCCOc2nonc2C(Cc2ccc(F)c(Br)c2)=NO)c(=O)c1=O. The molecule has 0 spiro atoms. The summed E-state index contributed by atoms with van der Waals surface area (Å²) in [4.78, 5) is 22.8. The molecule has 0 saturated heterocycles. The van der Waals surface area contributed by atoms with Crippen LogP contribution in [0.15, 0.2) is 42.0 Å². The van der Waals surface area contributed by atoms with E-state index in [4.69, 9.17) is 4.74 Å². The van der Waals surface area contributed by atoms with Crippen molar-refractivity contribution in [3.63, 3.8) is 0 Å². The molecule has 12 heteroatoms. The van der Waals surface area contributed by atoms with Crippen molar-refractivity contribution in [2.45, 2.75) is 6.42 Å². The van der Waals surface area contributed by atoms with Gasteiger partial charge in [-0.1, -0.05) is 11.2 Å². The van der Waals surface area contributed by atoms with Crippen molar-refractivity contribution >= 4 is 33.0 Å². The van der Waals surface area contributed by atoms with E-state index < -0.39 is 16.7 Å². The first-order valence-electron chi connectivity index (χ1n) is 8.31. The van der Waals surface area contributed by atoms with Gasteiger partial charge in [-0.25, -0.2) is 9.02 Å². The molecule has 3 N–H and O–H groups in total. The maximum absolute atomic E-state index is 13.4. The molecule has 0 saturated carbocycles. The van der Waals surface area contributed by atoms with Crippen LogP contribution in [0.4, 0.5) is 15.8 Å². The third-order valence-corrected chi connectivity index (χ3v) is 4.62. The molecule has 0 atom stereocenters. The van der Waals surface area contributed by atoms with E-state index >= 15 is 0 Å². The number of hydrogen-bond donors (Lipinski definition) is 3. The van der Waals surface area contributed by atoms with Crippen LogP contribution in [0.2, 0.25) is 0 Å². The smallest absolute Gasteiger partial charge is 0.285 e. The highest BCUT2D eigenvalue weighted by Gasteiger charge is 2.21. The fourth-order valence-electron chi connectivity index (χ4n) is 2.58. The summed E-state index contributed by atoms with van der Waals surface area (Å²) in [6.45, 7) is 0.256. The van der Waals surface area contributed by atoms with Gasteiger partial charge in [-0.05, 0) is 43.9 Å². The van der Waals surface area contributed by atoms with Crippen LogP contribution < -0.4 is 26.2 Å². The van der Waals surface area contributed by atoms with Gasteiger partial charge in [0.2, 0.25) is 0 Å². The molecule has 0 aliphatic rings. The van der Waals surface area contributed by atoms with Crippen LogP contribution >= 0.6 is 15.9 Å². The molecule has 0 aliphatic carbocycles. The summed E-state index contributed by atoms with van der Waals surface area (Å²) in [7, 11) is 1.54. The average molecular weight is 468 g/mol. The van der Waals surface area contributed by atoms with Crippen LogP contribution in [0.5, 0.6) is 5.88 Å². The van der Waals surface area contributed by atoms with E-state index in [1.807, 2.05) is 0 Å². The second kappa shape index (κ2) is 8.82. The predicted molar refractivity (Wildman–Crippen MR) is 105 cm³/mol. The lowest BCUT2D eigenvalue weighted by Gasteiger charge is -2.12. The van der Waals surface area contributed by atoms with Gasteiger partial charge in [0, 0.05) is 20.0 Å². The third kappa shape index (κ3) is 4.26. The standard InChI is InChI=1S/C17H15BrFN5O5/c1-20-13-14(16(26)15(13)25)21-4-5-28-17-12(23-29-24-17)11(22-27)7-8-2-3-10(19)9(18)6-8/h2-3,6,20-21,27H,4-5,7H2,1H3. The molecule has 3 rings (SSSR count). The number of rotatable bonds is 9. The number of nitrogens with one attached hydrogen (secondary N) is 2. The van der Waals surface area contributed by atoms with E-state index in [0.717, 1.165) is 0 Å². The second-order valence-corrected chi connectivity index (χ2v) is 6.68. The maximum Gasteiger partial charge on any atom is 0.285 e. The van der Waals surface area contributed by atoms with Gasteiger partial charge >= 0.3 is 0 Å². The Bertz CT molecular complexity index is 1120. The number of oxime groups is 1. The summed E-state index contributed by atoms with van der Waals surface area (Å²) in [5.41, 5.74) is 0.0820. The molecule has 3 aromatic rings. The number of anilines is 2. The van der Waals surface area contributed by atoms with Crippen LogP contribution in [-0.2, 0) is 6.42 Å². The zero-order chi connectivity index (χ0) is 21.0. The zero-order valence-electron chi connectivity index (χ0n) is 15.0. The maximum atomic E-state index is 13.4. The quantitative estimate of drug-likeness (QED) is 0.140. The van der Waals surface area contributed by atoms with Gasteiger partial charge in [0.15, 0.2) is 5.69 Å². The first kappa shape index (κ1) is 20.5. The minimum Gasteiger partial charge on any atom is -0.472 e. The van der Waals surface area contributed by atoms with Gasteiger partial charge in [0.25, 0.3) is 16.7 Å². The van der Waals surface area contributed by atoms with E-state index in [1.165, 1.54) is 12.1 Å². The normalized spacial score (nSPS) is 11.6. The third-order valence-electron chi connectivity index (χ3n) is 4.01. The van der Waals surface area contributed by atoms with Crippen LogP contribution in [0, 0.1) is 5.82 Å². The Morgan fingerprint density at radius 1 is 1.31 bits per heavy atom. The molecule has 2 aromatic carbocycles. The van der Waals surface area contributed by atoms with E-state index in [0.29, 0.717) is 5.56 Å². The number of ether oxygens (including phenoxy) is 1. The Labute approximate surface area is 171 Å². The Morgan fingerprint density at radius 3 is 2.76 bits per heavy atom. The first-order chi connectivity index (χ1) is 14.0. The van der Waals surface area contributed by atoms with Gasteiger partial charge in [-0.2, -0.15) is 0 Å². The minimum absolute atomic E-state index is 0.0143. The molecular formula is C17H15BrFN5O5. The minimum atomic E-state index is -0.599. The highest BCUT2D eigenvalue weighted by atomic mass is 79.9. The molecule has 0 aliphatic heterocycles. The highest BCUT2D eigenvalue weighted by Crippen LogP contribution is 2.21. The lowest BCUT2D eigenvalue weighted by molar-refractivity contribution is 0.261. The lowest BCUT2D eigenvalue weighted by atomic mass is 10.1. The zero-order valence-corrected chi connectivity index (χ0v) is 16.6.